The number of thioether (sulfide) groups is 1. The highest BCUT2D eigenvalue weighted by Crippen LogP contribution is 2.37. The number of hydrogen-bond acceptors (Lipinski definition) is 6. The zero-order valence-corrected chi connectivity index (χ0v) is 11.1. The Morgan fingerprint density at radius 3 is 3.18 bits per heavy atom. The number of carbonyl (C=O) groups excluding carboxylic acids is 1. The van der Waals surface area contributed by atoms with E-state index in [4.69, 9.17) is 11.5 Å². The van der Waals surface area contributed by atoms with Crippen molar-refractivity contribution in [3.8, 4) is 0 Å². The lowest BCUT2D eigenvalue weighted by Crippen LogP contribution is -2.54. The number of nitrogens with two attached hydrogens (primary N) is 2. The van der Waals surface area contributed by atoms with Crippen LogP contribution in [0.2, 0.25) is 0 Å². The Bertz CT molecular complexity index is 384. The topological polar surface area (TPSA) is 94.9 Å². The lowest BCUT2D eigenvalue weighted by Gasteiger charge is -2.27. The summed E-state index contributed by atoms with van der Waals surface area (Å²) in [5.41, 5.74) is 10.7. The fourth-order valence-corrected chi connectivity index (χ4v) is 3.91. The first-order valence-corrected chi connectivity index (χ1v) is 7.37. The molecule has 4 N–H and O–H groups in total. The lowest BCUT2D eigenvalue weighted by atomic mass is 9.85. The van der Waals surface area contributed by atoms with Gasteiger partial charge in [0.25, 0.3) is 0 Å². The molecule has 1 aromatic heterocycles. The van der Waals surface area contributed by atoms with Crippen molar-refractivity contribution < 1.29 is 4.79 Å². The van der Waals surface area contributed by atoms with E-state index < -0.39 is 5.54 Å². The minimum absolute atomic E-state index is 0.209. The second kappa shape index (κ2) is 5.32. The monoisotopic (exact) mass is 272 g/mol. The van der Waals surface area contributed by atoms with Crippen LogP contribution in [-0.4, -0.2) is 26.6 Å². The summed E-state index contributed by atoms with van der Waals surface area (Å²) in [7, 11) is 0. The van der Waals surface area contributed by atoms with Crippen LogP contribution in [0.15, 0.2) is 10.7 Å². The van der Waals surface area contributed by atoms with E-state index in [9.17, 15) is 4.79 Å². The van der Waals surface area contributed by atoms with E-state index in [0.29, 0.717) is 0 Å². The van der Waals surface area contributed by atoms with Crippen LogP contribution in [0, 0.1) is 5.92 Å². The fraction of sp³-hybridized carbons (Fsp3) is 0.700. The molecular weight excluding hydrogens is 256 g/mol. The van der Waals surface area contributed by atoms with Gasteiger partial charge in [-0.1, -0.05) is 18.2 Å². The van der Waals surface area contributed by atoms with E-state index in [2.05, 4.69) is 9.36 Å². The van der Waals surface area contributed by atoms with Crippen molar-refractivity contribution in [1.29, 1.82) is 0 Å². The summed E-state index contributed by atoms with van der Waals surface area (Å²) >= 11 is 3.05. The number of amides is 1. The van der Waals surface area contributed by atoms with E-state index in [1.807, 2.05) is 0 Å². The predicted octanol–water partition coefficient (Wildman–Crippen LogP) is 1.00. The molecule has 1 heterocycles. The van der Waals surface area contributed by atoms with Crippen LogP contribution in [-0.2, 0) is 4.79 Å². The van der Waals surface area contributed by atoms with E-state index >= 15 is 0 Å². The normalized spacial score (nSPS) is 28.4. The molecule has 1 aliphatic rings. The molecule has 2 unspecified atom stereocenters. The molecule has 0 spiro atoms. The van der Waals surface area contributed by atoms with Crippen molar-refractivity contribution in [2.75, 3.05) is 5.75 Å². The summed E-state index contributed by atoms with van der Waals surface area (Å²) in [5, 5.41) is 0. The van der Waals surface area contributed by atoms with Crippen molar-refractivity contribution in [1.82, 2.24) is 9.36 Å². The minimum atomic E-state index is -0.790. The first-order valence-electron chi connectivity index (χ1n) is 5.61. The summed E-state index contributed by atoms with van der Waals surface area (Å²) in [5.74, 6) is 0.757. The number of rotatable bonds is 5. The molecule has 0 saturated heterocycles. The SMILES string of the molecule is NC(=O)C1(N)CCCC1CCSc1ncns1. The summed E-state index contributed by atoms with van der Waals surface area (Å²) in [6.45, 7) is 0. The third-order valence-electron chi connectivity index (χ3n) is 3.36. The number of carbonyl (C=O) groups is 1. The standard InChI is InChI=1S/C10H16N4OS2/c11-8(15)10(12)4-1-2-7(10)3-5-16-9-13-6-14-17-9/h6-7H,1-5,12H2,(H2,11,15). The minimum Gasteiger partial charge on any atom is -0.368 e. The number of primary amides is 1. The zero-order valence-electron chi connectivity index (χ0n) is 9.46. The summed E-state index contributed by atoms with van der Waals surface area (Å²) in [6.07, 6.45) is 5.17. The molecule has 0 radical (unpaired) electrons. The third kappa shape index (κ3) is 2.78. The van der Waals surface area contributed by atoms with Gasteiger partial charge in [-0.25, -0.2) is 4.98 Å². The Labute approximate surface area is 109 Å². The molecule has 1 aromatic rings. The Morgan fingerprint density at radius 1 is 1.71 bits per heavy atom. The van der Waals surface area contributed by atoms with Crippen molar-refractivity contribution >= 4 is 29.2 Å². The molecule has 0 aliphatic heterocycles. The van der Waals surface area contributed by atoms with Crippen molar-refractivity contribution in [2.24, 2.45) is 17.4 Å². The van der Waals surface area contributed by atoms with Gasteiger partial charge in [0.05, 0.1) is 5.54 Å². The Morgan fingerprint density at radius 2 is 2.53 bits per heavy atom. The van der Waals surface area contributed by atoms with Gasteiger partial charge in [-0.15, -0.1) is 0 Å². The average Bonchev–Trinajstić information content (AvgIpc) is 2.90. The van der Waals surface area contributed by atoms with E-state index in [0.717, 1.165) is 35.8 Å². The summed E-state index contributed by atoms with van der Waals surface area (Å²) in [6, 6.07) is 0. The van der Waals surface area contributed by atoms with Crippen molar-refractivity contribution in [3.05, 3.63) is 6.33 Å². The molecule has 1 amide bonds. The van der Waals surface area contributed by atoms with Gasteiger partial charge in [-0.05, 0) is 36.7 Å². The predicted molar refractivity (Wildman–Crippen MR) is 68.7 cm³/mol. The first-order chi connectivity index (χ1) is 8.13. The van der Waals surface area contributed by atoms with Crippen molar-refractivity contribution in [2.45, 2.75) is 35.6 Å². The Balaban J connectivity index is 1.84. The smallest absolute Gasteiger partial charge is 0.237 e. The Hall–Kier alpha value is -0.660. The van der Waals surface area contributed by atoms with Gasteiger partial charge in [0.2, 0.25) is 5.91 Å². The molecule has 17 heavy (non-hydrogen) atoms. The van der Waals surface area contributed by atoms with Gasteiger partial charge in [-0.3, -0.25) is 4.79 Å². The maximum Gasteiger partial charge on any atom is 0.237 e. The van der Waals surface area contributed by atoms with Crippen LogP contribution >= 0.6 is 23.3 Å². The molecule has 7 heteroatoms. The van der Waals surface area contributed by atoms with Crippen LogP contribution in [0.4, 0.5) is 0 Å². The molecule has 0 aromatic carbocycles. The second-order valence-electron chi connectivity index (χ2n) is 4.34. The highest BCUT2D eigenvalue weighted by Gasteiger charge is 2.43. The molecular formula is C10H16N4OS2. The largest absolute Gasteiger partial charge is 0.368 e. The molecule has 94 valence electrons. The molecule has 2 atom stereocenters. The zero-order chi connectivity index (χ0) is 12.3. The summed E-state index contributed by atoms with van der Waals surface area (Å²) < 4.78 is 4.90. The van der Waals surface area contributed by atoms with Crippen LogP contribution in [0.25, 0.3) is 0 Å². The highest BCUT2D eigenvalue weighted by atomic mass is 32.2. The fourth-order valence-electron chi connectivity index (χ4n) is 2.34. The maximum atomic E-state index is 11.4. The number of hydrogen-bond donors (Lipinski definition) is 2. The third-order valence-corrected chi connectivity index (χ3v) is 5.19. The van der Waals surface area contributed by atoms with Crippen LogP contribution in [0.5, 0.6) is 0 Å². The van der Waals surface area contributed by atoms with Crippen LogP contribution in [0.3, 0.4) is 0 Å². The van der Waals surface area contributed by atoms with Gasteiger partial charge < -0.3 is 11.5 Å². The first kappa shape index (κ1) is 12.8. The molecule has 1 fully saturated rings. The van der Waals surface area contributed by atoms with Gasteiger partial charge in [0, 0.05) is 5.75 Å². The van der Waals surface area contributed by atoms with E-state index in [1.54, 1.807) is 18.1 Å². The molecule has 1 saturated carbocycles. The highest BCUT2D eigenvalue weighted by molar-refractivity contribution is 8.00. The van der Waals surface area contributed by atoms with Crippen LogP contribution in [0.1, 0.15) is 25.7 Å². The number of nitrogens with zero attached hydrogens (tertiary/aromatic N) is 2. The number of aromatic nitrogens is 2. The van der Waals surface area contributed by atoms with Gasteiger partial charge >= 0.3 is 0 Å². The average molecular weight is 272 g/mol. The second-order valence-corrected chi connectivity index (χ2v) is 6.46. The van der Waals surface area contributed by atoms with Gasteiger partial charge in [-0.2, -0.15) is 4.37 Å². The lowest BCUT2D eigenvalue weighted by molar-refractivity contribution is -0.124. The van der Waals surface area contributed by atoms with E-state index in [-0.39, 0.29) is 11.8 Å². The van der Waals surface area contributed by atoms with Crippen LogP contribution < -0.4 is 11.5 Å². The molecule has 2 rings (SSSR count). The van der Waals surface area contributed by atoms with Gasteiger partial charge in [0.15, 0.2) is 4.34 Å². The maximum absolute atomic E-state index is 11.4. The molecule has 0 bridgehead atoms. The molecule has 5 nitrogen and oxygen atoms in total. The quantitative estimate of drug-likeness (QED) is 0.780. The van der Waals surface area contributed by atoms with Gasteiger partial charge in [0.1, 0.15) is 6.33 Å². The van der Waals surface area contributed by atoms with Crippen molar-refractivity contribution in [3.63, 3.8) is 0 Å². The molecule has 1 aliphatic carbocycles. The summed E-state index contributed by atoms with van der Waals surface area (Å²) in [4.78, 5) is 15.5. The van der Waals surface area contributed by atoms with E-state index in [1.165, 1.54) is 11.5 Å². The Kier molecular flexibility index (Phi) is 4.01.